The maximum atomic E-state index is 13.1. The summed E-state index contributed by atoms with van der Waals surface area (Å²) in [6, 6.07) is 9.25. The van der Waals surface area contributed by atoms with Gasteiger partial charge in [-0.15, -0.1) is 5.10 Å². The van der Waals surface area contributed by atoms with E-state index < -0.39 is 0 Å². The third kappa shape index (κ3) is 3.27. The van der Waals surface area contributed by atoms with Gasteiger partial charge in [0.1, 0.15) is 30.6 Å². The number of benzene rings is 1. The van der Waals surface area contributed by atoms with E-state index in [4.69, 9.17) is 5.26 Å². The van der Waals surface area contributed by atoms with Gasteiger partial charge in [-0.25, -0.2) is 18.7 Å². The van der Waals surface area contributed by atoms with Crippen molar-refractivity contribution < 1.29 is 9.18 Å². The zero-order valence-corrected chi connectivity index (χ0v) is 12.6. The highest BCUT2D eigenvalue weighted by atomic mass is 19.1. The number of amides is 1. The zero-order valence-electron chi connectivity index (χ0n) is 12.6. The number of nitrogens with zero attached hydrogens (tertiary/aromatic N) is 6. The van der Waals surface area contributed by atoms with Gasteiger partial charge in [0, 0.05) is 6.07 Å². The highest BCUT2D eigenvalue weighted by Crippen LogP contribution is 2.17. The number of anilines is 1. The van der Waals surface area contributed by atoms with Crippen LogP contribution in [0.3, 0.4) is 0 Å². The summed E-state index contributed by atoms with van der Waals surface area (Å²) in [5, 5.41) is 19.5. The number of nitrogens with one attached hydrogen (secondary N) is 1. The molecule has 1 amide bonds. The summed E-state index contributed by atoms with van der Waals surface area (Å²) in [6.07, 6.45) is 1.31. The normalized spacial score (nSPS) is 10.4. The fourth-order valence-corrected chi connectivity index (χ4v) is 2.12. The summed E-state index contributed by atoms with van der Waals surface area (Å²) >= 11 is 0. The molecule has 0 aliphatic heterocycles. The second kappa shape index (κ2) is 6.29. The quantitative estimate of drug-likeness (QED) is 0.781. The summed E-state index contributed by atoms with van der Waals surface area (Å²) in [6.45, 7) is 1.69. The molecule has 0 saturated heterocycles. The lowest BCUT2D eigenvalue weighted by atomic mass is 10.3. The lowest BCUT2D eigenvalue weighted by Crippen LogP contribution is -2.21. The SMILES string of the molecule is Cc1cc(NC(=O)Cn2cnc(C#N)n2)n(-c2ccc(F)cc2)n1. The van der Waals surface area contributed by atoms with Crippen LogP contribution in [0.15, 0.2) is 36.7 Å². The fourth-order valence-electron chi connectivity index (χ4n) is 2.12. The number of nitriles is 1. The van der Waals surface area contributed by atoms with E-state index in [1.54, 1.807) is 31.2 Å². The molecule has 0 aliphatic carbocycles. The summed E-state index contributed by atoms with van der Waals surface area (Å²) < 4.78 is 15.8. The van der Waals surface area contributed by atoms with Gasteiger partial charge >= 0.3 is 0 Å². The molecule has 1 N–H and O–H groups in total. The minimum absolute atomic E-state index is 0.00463. The number of hydrogen-bond donors (Lipinski definition) is 1. The second-order valence-electron chi connectivity index (χ2n) is 4.98. The van der Waals surface area contributed by atoms with Gasteiger partial charge in [0.25, 0.3) is 5.82 Å². The fraction of sp³-hybridized carbons (Fsp3) is 0.133. The predicted molar refractivity (Wildman–Crippen MR) is 81.6 cm³/mol. The molecule has 3 aromatic rings. The van der Waals surface area contributed by atoms with Crippen LogP contribution >= 0.6 is 0 Å². The van der Waals surface area contributed by atoms with Crippen LogP contribution in [0.1, 0.15) is 11.5 Å². The number of hydrogen-bond acceptors (Lipinski definition) is 5. The number of halogens is 1. The maximum absolute atomic E-state index is 13.1. The Morgan fingerprint density at radius 1 is 1.33 bits per heavy atom. The van der Waals surface area contributed by atoms with Crippen LogP contribution in [0.2, 0.25) is 0 Å². The lowest BCUT2D eigenvalue weighted by Gasteiger charge is -2.08. The van der Waals surface area contributed by atoms with Crippen molar-refractivity contribution in [3.63, 3.8) is 0 Å². The molecule has 0 bridgehead atoms. The van der Waals surface area contributed by atoms with Gasteiger partial charge in [0.15, 0.2) is 0 Å². The molecule has 120 valence electrons. The van der Waals surface area contributed by atoms with Crippen LogP contribution in [0.4, 0.5) is 10.2 Å². The van der Waals surface area contributed by atoms with Crippen molar-refractivity contribution in [2.24, 2.45) is 0 Å². The largest absolute Gasteiger partial charge is 0.309 e. The first-order valence-corrected chi connectivity index (χ1v) is 6.97. The summed E-state index contributed by atoms with van der Waals surface area (Å²) in [7, 11) is 0. The second-order valence-corrected chi connectivity index (χ2v) is 4.98. The molecule has 0 atom stereocenters. The number of aryl methyl sites for hydroxylation is 1. The number of aromatic nitrogens is 5. The highest BCUT2D eigenvalue weighted by molar-refractivity contribution is 5.90. The van der Waals surface area contributed by atoms with Crippen molar-refractivity contribution >= 4 is 11.7 Å². The Balaban J connectivity index is 1.78. The maximum Gasteiger partial charge on any atom is 0.252 e. The molecule has 3 rings (SSSR count). The van der Waals surface area contributed by atoms with E-state index in [-0.39, 0.29) is 24.1 Å². The van der Waals surface area contributed by atoms with Crippen LogP contribution < -0.4 is 5.32 Å². The van der Waals surface area contributed by atoms with E-state index in [1.807, 2.05) is 0 Å². The molecule has 2 heterocycles. The van der Waals surface area contributed by atoms with Gasteiger partial charge in [-0.1, -0.05) is 0 Å². The van der Waals surface area contributed by atoms with E-state index in [9.17, 15) is 9.18 Å². The summed E-state index contributed by atoms with van der Waals surface area (Å²) in [5.41, 5.74) is 1.31. The van der Waals surface area contributed by atoms with E-state index >= 15 is 0 Å². The third-order valence-electron chi connectivity index (χ3n) is 3.11. The van der Waals surface area contributed by atoms with Gasteiger partial charge in [0.05, 0.1) is 11.4 Å². The Kier molecular flexibility index (Phi) is 4.03. The first kappa shape index (κ1) is 15.4. The third-order valence-corrected chi connectivity index (χ3v) is 3.11. The van der Waals surface area contributed by atoms with Crippen LogP contribution in [-0.4, -0.2) is 30.5 Å². The topological polar surface area (TPSA) is 101 Å². The lowest BCUT2D eigenvalue weighted by molar-refractivity contribution is -0.116. The molecule has 8 nitrogen and oxygen atoms in total. The molecular formula is C15H12FN7O. The predicted octanol–water partition coefficient (Wildman–Crippen LogP) is 1.42. The number of carbonyl (C=O) groups is 1. The van der Waals surface area contributed by atoms with Crippen molar-refractivity contribution in [2.75, 3.05) is 5.32 Å². The molecular weight excluding hydrogens is 313 g/mol. The molecule has 0 aliphatic rings. The Labute approximate surface area is 136 Å². The molecule has 1 aromatic carbocycles. The van der Waals surface area contributed by atoms with Crippen molar-refractivity contribution in [1.29, 1.82) is 5.26 Å². The minimum Gasteiger partial charge on any atom is -0.309 e. The van der Waals surface area contributed by atoms with Crippen LogP contribution in [0.5, 0.6) is 0 Å². The Hall–Kier alpha value is -3.54. The molecule has 24 heavy (non-hydrogen) atoms. The minimum atomic E-state index is -0.354. The summed E-state index contributed by atoms with van der Waals surface area (Å²) in [5.74, 6) is -0.264. The first-order chi connectivity index (χ1) is 11.5. The molecule has 0 fully saturated rings. The Morgan fingerprint density at radius 2 is 2.08 bits per heavy atom. The van der Waals surface area contributed by atoms with Crippen molar-refractivity contribution in [3.8, 4) is 11.8 Å². The molecule has 2 aromatic heterocycles. The molecule has 0 unspecified atom stereocenters. The highest BCUT2D eigenvalue weighted by Gasteiger charge is 2.12. The van der Waals surface area contributed by atoms with Crippen LogP contribution in [0, 0.1) is 24.1 Å². The van der Waals surface area contributed by atoms with Gasteiger partial charge in [0.2, 0.25) is 5.91 Å². The van der Waals surface area contributed by atoms with Crippen molar-refractivity contribution in [3.05, 3.63) is 54.0 Å². The van der Waals surface area contributed by atoms with E-state index in [1.165, 1.54) is 27.8 Å². The Morgan fingerprint density at radius 3 is 2.75 bits per heavy atom. The van der Waals surface area contributed by atoms with Gasteiger partial charge in [-0.05, 0) is 31.2 Å². The zero-order chi connectivity index (χ0) is 17.1. The smallest absolute Gasteiger partial charge is 0.252 e. The van der Waals surface area contributed by atoms with Gasteiger partial charge in [-0.3, -0.25) is 4.79 Å². The monoisotopic (exact) mass is 325 g/mol. The molecule has 0 radical (unpaired) electrons. The number of rotatable bonds is 4. The van der Waals surface area contributed by atoms with Crippen LogP contribution in [-0.2, 0) is 11.3 Å². The van der Waals surface area contributed by atoms with Gasteiger partial charge < -0.3 is 5.32 Å². The average molecular weight is 325 g/mol. The standard InChI is InChI=1S/C15H12FN7O/c1-10-6-14(23(20-10)12-4-2-11(16)3-5-12)19-15(24)8-22-9-18-13(7-17)21-22/h2-6,9H,8H2,1H3,(H,19,24). The van der Waals surface area contributed by atoms with Gasteiger partial charge in [-0.2, -0.15) is 10.4 Å². The van der Waals surface area contributed by atoms with E-state index in [0.717, 1.165) is 0 Å². The van der Waals surface area contributed by atoms with Crippen molar-refractivity contribution in [2.45, 2.75) is 13.5 Å². The summed E-state index contributed by atoms with van der Waals surface area (Å²) in [4.78, 5) is 15.9. The average Bonchev–Trinajstić information content (AvgIpc) is 3.14. The Bertz CT molecular complexity index is 920. The van der Waals surface area contributed by atoms with E-state index in [2.05, 4.69) is 20.5 Å². The molecule has 0 saturated carbocycles. The molecule has 0 spiro atoms. The number of carbonyl (C=O) groups excluding carboxylic acids is 1. The molecule has 9 heteroatoms. The van der Waals surface area contributed by atoms with Crippen LogP contribution in [0.25, 0.3) is 5.69 Å². The van der Waals surface area contributed by atoms with Crippen molar-refractivity contribution in [1.82, 2.24) is 24.5 Å². The van der Waals surface area contributed by atoms with E-state index in [0.29, 0.717) is 17.2 Å². The first-order valence-electron chi connectivity index (χ1n) is 6.97.